The Labute approximate surface area is 190 Å². The molecule has 1 amide bonds. The Hall–Kier alpha value is -3.37. The van der Waals surface area contributed by atoms with Gasteiger partial charge in [0.15, 0.2) is 0 Å². The molecule has 1 N–H and O–H groups in total. The van der Waals surface area contributed by atoms with Crippen molar-refractivity contribution in [1.82, 2.24) is 20.1 Å². The van der Waals surface area contributed by atoms with E-state index in [4.69, 9.17) is 0 Å². The molecule has 0 bridgehead atoms. The quantitative estimate of drug-likeness (QED) is 0.503. The molecule has 0 spiro atoms. The summed E-state index contributed by atoms with van der Waals surface area (Å²) in [6.45, 7) is 0.193. The molecule has 0 saturated heterocycles. The van der Waals surface area contributed by atoms with Gasteiger partial charge >= 0.3 is 12.4 Å². The largest absolute Gasteiger partial charge is 0.416 e. The first-order valence-electron chi connectivity index (χ1n) is 10.6. The Balaban J connectivity index is 1.52. The summed E-state index contributed by atoms with van der Waals surface area (Å²) in [6.07, 6.45) is -4.79. The highest BCUT2D eigenvalue weighted by atomic mass is 19.4. The van der Waals surface area contributed by atoms with E-state index in [0.29, 0.717) is 17.8 Å². The van der Waals surface area contributed by atoms with E-state index in [1.165, 1.54) is 0 Å². The number of fused-ring (bicyclic) bond motifs is 1. The molecule has 0 atom stereocenters. The molecular formula is C23H20F6N4O. The minimum Gasteiger partial charge on any atom is -0.350 e. The molecule has 3 aromatic rings. The molecular weight excluding hydrogens is 462 g/mol. The molecule has 4 rings (SSSR count). The van der Waals surface area contributed by atoms with Crippen molar-refractivity contribution >= 4 is 5.91 Å². The molecule has 0 fully saturated rings. The van der Waals surface area contributed by atoms with Crippen LogP contribution in [0, 0.1) is 0 Å². The van der Waals surface area contributed by atoms with Gasteiger partial charge in [-0.05, 0) is 56.0 Å². The first-order chi connectivity index (χ1) is 16.0. The minimum absolute atomic E-state index is 0.00799. The van der Waals surface area contributed by atoms with Gasteiger partial charge in [0, 0.05) is 29.6 Å². The number of nitrogens with zero attached hydrogens (tertiary/aromatic N) is 3. The van der Waals surface area contributed by atoms with Gasteiger partial charge in [0.05, 0.1) is 23.4 Å². The van der Waals surface area contributed by atoms with Gasteiger partial charge in [0.2, 0.25) is 0 Å². The average molecular weight is 482 g/mol. The zero-order valence-electron chi connectivity index (χ0n) is 17.8. The molecule has 1 aliphatic rings. The van der Waals surface area contributed by atoms with E-state index in [9.17, 15) is 31.1 Å². The van der Waals surface area contributed by atoms with Crippen LogP contribution in [0.3, 0.4) is 0 Å². The van der Waals surface area contributed by atoms with Crippen molar-refractivity contribution in [3.8, 4) is 11.4 Å². The van der Waals surface area contributed by atoms with E-state index < -0.39 is 35.0 Å². The summed E-state index contributed by atoms with van der Waals surface area (Å²) in [6, 6.07) is 6.31. The molecule has 1 aromatic carbocycles. The lowest BCUT2D eigenvalue weighted by Crippen LogP contribution is -2.29. The number of aromatic nitrogens is 3. The van der Waals surface area contributed by atoms with Gasteiger partial charge in [-0.3, -0.25) is 14.5 Å². The zero-order valence-corrected chi connectivity index (χ0v) is 17.8. The maximum atomic E-state index is 13.1. The SMILES string of the molecule is O=C(NCCn1nc(-c2ccccn2)c2c1CCCC2)c1cc(C(F)(F)F)cc(C(F)(F)F)c1. The first kappa shape index (κ1) is 23.8. The normalized spacial score (nSPS) is 14.1. The van der Waals surface area contributed by atoms with Crippen LogP contribution in [0.2, 0.25) is 0 Å². The third kappa shape index (κ3) is 5.07. The summed E-state index contributed by atoms with van der Waals surface area (Å²) >= 11 is 0. The van der Waals surface area contributed by atoms with Crippen molar-refractivity contribution in [2.75, 3.05) is 6.54 Å². The van der Waals surface area contributed by atoms with Crippen LogP contribution in [0.5, 0.6) is 0 Å². The molecule has 2 aromatic heterocycles. The number of hydrogen-bond acceptors (Lipinski definition) is 3. The summed E-state index contributed by atoms with van der Waals surface area (Å²) in [5.74, 6) is -1.03. The van der Waals surface area contributed by atoms with Gasteiger partial charge < -0.3 is 5.32 Å². The van der Waals surface area contributed by atoms with Gasteiger partial charge in [-0.1, -0.05) is 6.07 Å². The fourth-order valence-electron chi connectivity index (χ4n) is 4.03. The maximum Gasteiger partial charge on any atom is 0.416 e. The van der Waals surface area contributed by atoms with Crippen molar-refractivity contribution in [3.63, 3.8) is 0 Å². The molecule has 11 heteroatoms. The number of amides is 1. The summed E-state index contributed by atoms with van der Waals surface area (Å²) in [5, 5.41) is 7.04. The van der Waals surface area contributed by atoms with E-state index in [1.54, 1.807) is 16.9 Å². The smallest absolute Gasteiger partial charge is 0.350 e. The third-order valence-electron chi connectivity index (χ3n) is 5.62. The topological polar surface area (TPSA) is 59.8 Å². The van der Waals surface area contributed by atoms with Crippen LogP contribution in [-0.4, -0.2) is 27.2 Å². The number of alkyl halides is 6. The van der Waals surface area contributed by atoms with E-state index in [1.807, 2.05) is 12.1 Å². The predicted octanol–water partition coefficient (Wildman–Crippen LogP) is 5.29. The summed E-state index contributed by atoms with van der Waals surface area (Å²) in [4.78, 5) is 16.8. The number of rotatable bonds is 5. The monoisotopic (exact) mass is 482 g/mol. The summed E-state index contributed by atoms with van der Waals surface area (Å²) in [5.41, 5.74) is -0.244. The molecule has 1 aliphatic carbocycles. The van der Waals surface area contributed by atoms with Gasteiger partial charge in [0.1, 0.15) is 5.69 Å². The zero-order chi connectivity index (χ0) is 24.5. The highest BCUT2D eigenvalue weighted by molar-refractivity contribution is 5.94. The van der Waals surface area contributed by atoms with Crippen LogP contribution < -0.4 is 5.32 Å². The highest BCUT2D eigenvalue weighted by Gasteiger charge is 2.37. The van der Waals surface area contributed by atoms with Crippen LogP contribution in [0.25, 0.3) is 11.4 Å². The van der Waals surface area contributed by atoms with Gasteiger partial charge in [-0.15, -0.1) is 0 Å². The van der Waals surface area contributed by atoms with Gasteiger partial charge in [-0.2, -0.15) is 31.4 Å². The third-order valence-corrected chi connectivity index (χ3v) is 5.62. The summed E-state index contributed by atoms with van der Waals surface area (Å²) < 4.78 is 80.1. The lowest BCUT2D eigenvalue weighted by atomic mass is 9.95. The van der Waals surface area contributed by atoms with Crippen molar-refractivity contribution < 1.29 is 31.1 Å². The van der Waals surface area contributed by atoms with E-state index in [0.717, 1.165) is 42.6 Å². The predicted molar refractivity (Wildman–Crippen MR) is 111 cm³/mol. The van der Waals surface area contributed by atoms with Crippen molar-refractivity contribution in [1.29, 1.82) is 0 Å². The van der Waals surface area contributed by atoms with Crippen molar-refractivity contribution in [2.24, 2.45) is 0 Å². The Bertz CT molecular complexity index is 1150. The number of carbonyl (C=O) groups excluding carboxylic acids is 1. The minimum atomic E-state index is -5.02. The van der Waals surface area contributed by atoms with E-state index in [2.05, 4.69) is 15.4 Å². The van der Waals surface area contributed by atoms with Crippen LogP contribution in [-0.2, 0) is 31.7 Å². The van der Waals surface area contributed by atoms with E-state index >= 15 is 0 Å². The second-order valence-electron chi connectivity index (χ2n) is 7.97. The molecule has 0 aliphatic heterocycles. The molecule has 0 saturated carbocycles. The number of hydrogen-bond donors (Lipinski definition) is 1. The van der Waals surface area contributed by atoms with E-state index in [-0.39, 0.29) is 19.2 Å². The fourth-order valence-corrected chi connectivity index (χ4v) is 4.03. The Morgan fingerprint density at radius 2 is 1.65 bits per heavy atom. The molecule has 0 unspecified atom stereocenters. The van der Waals surface area contributed by atoms with Crippen LogP contribution in [0.15, 0.2) is 42.6 Å². The van der Waals surface area contributed by atoms with Gasteiger partial charge in [-0.25, -0.2) is 0 Å². The fraction of sp³-hybridized carbons (Fsp3) is 0.348. The molecule has 5 nitrogen and oxygen atoms in total. The average Bonchev–Trinajstić information content (AvgIpc) is 3.17. The molecule has 34 heavy (non-hydrogen) atoms. The first-order valence-corrected chi connectivity index (χ1v) is 10.6. The maximum absolute atomic E-state index is 13.1. The van der Waals surface area contributed by atoms with Crippen molar-refractivity contribution in [2.45, 2.75) is 44.6 Å². The number of nitrogens with one attached hydrogen (secondary N) is 1. The van der Waals surface area contributed by atoms with Crippen LogP contribution in [0.1, 0.15) is 45.6 Å². The Morgan fingerprint density at radius 1 is 0.971 bits per heavy atom. The number of benzene rings is 1. The van der Waals surface area contributed by atoms with Crippen molar-refractivity contribution in [3.05, 3.63) is 70.5 Å². The number of halogens is 6. The lowest BCUT2D eigenvalue weighted by molar-refractivity contribution is -0.143. The molecule has 180 valence electrons. The second kappa shape index (κ2) is 9.11. The van der Waals surface area contributed by atoms with Crippen LogP contribution >= 0.6 is 0 Å². The standard InChI is InChI=1S/C23H20F6N4O/c24-22(25,26)15-11-14(12-16(13-15)23(27,28)29)21(34)31-9-10-33-19-7-2-1-5-17(19)20(32-33)18-6-3-4-8-30-18/h3-4,6,8,11-13H,1-2,5,7,9-10H2,(H,31,34). The highest BCUT2D eigenvalue weighted by Crippen LogP contribution is 2.36. The Kier molecular flexibility index (Phi) is 6.37. The lowest BCUT2D eigenvalue weighted by Gasteiger charge is -2.15. The number of pyridine rings is 1. The molecule has 2 heterocycles. The number of carbonyl (C=O) groups is 1. The van der Waals surface area contributed by atoms with Crippen LogP contribution in [0.4, 0.5) is 26.3 Å². The second-order valence-corrected chi connectivity index (χ2v) is 7.97. The summed E-state index contributed by atoms with van der Waals surface area (Å²) in [7, 11) is 0. The molecule has 0 radical (unpaired) electrons. The Morgan fingerprint density at radius 3 is 2.26 bits per heavy atom. The van der Waals surface area contributed by atoms with Gasteiger partial charge in [0.25, 0.3) is 5.91 Å².